The van der Waals surface area contributed by atoms with Crippen LogP contribution in [0.2, 0.25) is 0 Å². The highest BCUT2D eigenvalue weighted by Gasteiger charge is 2.34. The first-order valence-electron chi connectivity index (χ1n) is 8.21. The number of ketones is 1. The number of carboxylic acids is 1. The van der Waals surface area contributed by atoms with Gasteiger partial charge in [-0.2, -0.15) is 5.10 Å². The Hall–Kier alpha value is -2.90. The molecule has 130 valence electrons. The molecule has 4 rings (SSSR count). The highest BCUT2D eigenvalue weighted by Crippen LogP contribution is 2.31. The summed E-state index contributed by atoms with van der Waals surface area (Å²) in [5.74, 6) is -0.317. The minimum Gasteiger partial charge on any atom is -0.476 e. The van der Waals surface area contributed by atoms with Crippen LogP contribution in [-0.4, -0.2) is 44.4 Å². The summed E-state index contributed by atoms with van der Waals surface area (Å²) in [5.41, 5.74) is 2.04. The van der Waals surface area contributed by atoms with Gasteiger partial charge in [-0.3, -0.25) is 14.7 Å². The Morgan fingerprint density at radius 1 is 1.28 bits per heavy atom. The molecule has 1 aliphatic heterocycles. The Morgan fingerprint density at radius 3 is 2.84 bits per heavy atom. The number of furan rings is 1. The number of carboxylic acid groups (broad SMARTS) is 1. The molecular weight excluding hydrogens is 326 g/mol. The van der Waals surface area contributed by atoms with E-state index in [4.69, 9.17) is 9.52 Å². The Bertz CT molecular complexity index is 908. The second-order valence-corrected chi connectivity index (χ2v) is 6.42. The van der Waals surface area contributed by atoms with E-state index in [1.54, 1.807) is 11.8 Å². The first-order valence-corrected chi connectivity index (χ1v) is 8.21. The van der Waals surface area contributed by atoms with Crippen molar-refractivity contribution >= 4 is 17.7 Å². The van der Waals surface area contributed by atoms with Gasteiger partial charge in [0, 0.05) is 24.9 Å². The smallest absolute Gasteiger partial charge is 0.356 e. The molecule has 3 heterocycles. The molecule has 25 heavy (non-hydrogen) atoms. The summed E-state index contributed by atoms with van der Waals surface area (Å²) >= 11 is 0. The molecule has 2 aromatic heterocycles. The lowest BCUT2D eigenvalue weighted by Gasteiger charge is -2.27. The third kappa shape index (κ3) is 2.36. The quantitative estimate of drug-likeness (QED) is 0.857. The van der Waals surface area contributed by atoms with Crippen molar-refractivity contribution in [2.45, 2.75) is 39.2 Å². The molecule has 0 saturated heterocycles. The molecule has 0 unspecified atom stereocenters. The van der Waals surface area contributed by atoms with Gasteiger partial charge in [0.2, 0.25) is 0 Å². The lowest BCUT2D eigenvalue weighted by molar-refractivity contribution is 0.0688. The zero-order chi connectivity index (χ0) is 17.7. The average molecular weight is 343 g/mol. The van der Waals surface area contributed by atoms with E-state index >= 15 is 0 Å². The Kier molecular flexibility index (Phi) is 3.48. The summed E-state index contributed by atoms with van der Waals surface area (Å²) in [6, 6.07) is 0. The van der Waals surface area contributed by atoms with Crippen molar-refractivity contribution in [3.63, 3.8) is 0 Å². The van der Waals surface area contributed by atoms with Gasteiger partial charge in [-0.25, -0.2) is 4.79 Å². The number of rotatable bonds is 2. The van der Waals surface area contributed by atoms with Gasteiger partial charge in [0.1, 0.15) is 11.5 Å². The van der Waals surface area contributed by atoms with Crippen LogP contribution in [0.1, 0.15) is 66.8 Å². The highest BCUT2D eigenvalue weighted by atomic mass is 16.4. The summed E-state index contributed by atoms with van der Waals surface area (Å²) in [5, 5.41) is 15.7. The van der Waals surface area contributed by atoms with Crippen LogP contribution in [0.3, 0.4) is 0 Å². The van der Waals surface area contributed by atoms with Crippen LogP contribution in [0, 0.1) is 6.92 Å². The number of amides is 1. The third-order valence-electron chi connectivity index (χ3n) is 4.88. The van der Waals surface area contributed by atoms with E-state index in [1.807, 2.05) is 0 Å². The van der Waals surface area contributed by atoms with Gasteiger partial charge in [-0.1, -0.05) is 0 Å². The van der Waals surface area contributed by atoms with Crippen molar-refractivity contribution in [2.75, 3.05) is 6.54 Å². The maximum atomic E-state index is 13.0. The standard InChI is InChI=1S/C17H17N3O5/c1-8-13(14-11(21)3-2-4-12(14)25-8)16(22)20-6-5-9-10(7-20)18-19-15(9)17(23)24/h2-7H2,1H3,(H,18,19)(H,23,24). The number of aryl methyl sites for hydroxylation is 2. The van der Waals surface area contributed by atoms with Crippen molar-refractivity contribution in [3.8, 4) is 0 Å². The Balaban J connectivity index is 1.66. The number of fused-ring (bicyclic) bond motifs is 2. The van der Waals surface area contributed by atoms with E-state index < -0.39 is 5.97 Å². The summed E-state index contributed by atoms with van der Waals surface area (Å²) < 4.78 is 5.66. The van der Waals surface area contributed by atoms with Crippen molar-refractivity contribution in [1.82, 2.24) is 15.1 Å². The summed E-state index contributed by atoms with van der Waals surface area (Å²) in [4.78, 5) is 38.1. The summed E-state index contributed by atoms with van der Waals surface area (Å²) in [6.07, 6.45) is 2.25. The second-order valence-electron chi connectivity index (χ2n) is 6.42. The van der Waals surface area contributed by atoms with Crippen LogP contribution in [0.15, 0.2) is 4.42 Å². The molecule has 2 aliphatic rings. The van der Waals surface area contributed by atoms with Crippen molar-refractivity contribution in [2.24, 2.45) is 0 Å². The topological polar surface area (TPSA) is 116 Å². The fraction of sp³-hybridized carbons (Fsp3) is 0.412. The van der Waals surface area contributed by atoms with E-state index in [1.165, 1.54) is 0 Å². The fourth-order valence-electron chi connectivity index (χ4n) is 3.69. The number of carbonyl (C=O) groups excluding carboxylic acids is 2. The molecule has 1 amide bonds. The molecule has 0 radical (unpaired) electrons. The number of H-pyrrole nitrogens is 1. The molecule has 0 fully saturated rings. The number of Topliss-reactive ketones (excluding diaryl/α,β-unsaturated/α-hetero) is 1. The van der Waals surface area contributed by atoms with Crippen molar-refractivity contribution in [3.05, 3.63) is 39.6 Å². The molecule has 0 bridgehead atoms. The maximum Gasteiger partial charge on any atom is 0.356 e. The van der Waals surface area contributed by atoms with Crippen molar-refractivity contribution < 1.29 is 23.9 Å². The normalized spacial score (nSPS) is 16.5. The van der Waals surface area contributed by atoms with E-state index in [9.17, 15) is 14.4 Å². The van der Waals surface area contributed by atoms with Gasteiger partial charge in [0.25, 0.3) is 5.91 Å². The lowest BCUT2D eigenvalue weighted by Crippen LogP contribution is -2.37. The molecule has 2 N–H and O–H groups in total. The zero-order valence-electron chi connectivity index (χ0n) is 13.7. The van der Waals surface area contributed by atoms with Gasteiger partial charge < -0.3 is 14.4 Å². The van der Waals surface area contributed by atoms with Crippen LogP contribution < -0.4 is 0 Å². The molecule has 2 aromatic rings. The molecule has 0 saturated carbocycles. The zero-order valence-corrected chi connectivity index (χ0v) is 13.7. The van der Waals surface area contributed by atoms with Gasteiger partial charge in [-0.15, -0.1) is 0 Å². The van der Waals surface area contributed by atoms with E-state index in [-0.39, 0.29) is 23.9 Å². The fourth-order valence-corrected chi connectivity index (χ4v) is 3.69. The van der Waals surface area contributed by atoms with Crippen LogP contribution >= 0.6 is 0 Å². The molecule has 8 heteroatoms. The number of aromatic amines is 1. The SMILES string of the molecule is Cc1oc2c(c1C(=O)N1CCc3c(C(=O)O)n[nH]c3C1)C(=O)CCC2. The first-order chi connectivity index (χ1) is 12.0. The predicted octanol–water partition coefficient (Wildman–Crippen LogP) is 1.73. The van der Waals surface area contributed by atoms with E-state index in [2.05, 4.69) is 10.2 Å². The number of aromatic carboxylic acids is 1. The van der Waals surface area contributed by atoms with Crippen LogP contribution in [0.25, 0.3) is 0 Å². The molecule has 0 spiro atoms. The van der Waals surface area contributed by atoms with E-state index in [0.717, 1.165) is 6.42 Å². The number of hydrogen-bond acceptors (Lipinski definition) is 5. The summed E-state index contributed by atoms with van der Waals surface area (Å²) in [6.45, 7) is 2.31. The van der Waals surface area contributed by atoms with Gasteiger partial charge >= 0.3 is 5.97 Å². The summed E-state index contributed by atoms with van der Waals surface area (Å²) in [7, 11) is 0. The second kappa shape index (κ2) is 5.58. The average Bonchev–Trinajstić information content (AvgIpc) is 3.14. The minimum absolute atomic E-state index is 0.00847. The number of carbonyl (C=O) groups is 3. The molecule has 0 atom stereocenters. The van der Waals surface area contributed by atoms with Gasteiger partial charge in [0.05, 0.1) is 23.4 Å². The van der Waals surface area contributed by atoms with E-state index in [0.29, 0.717) is 59.7 Å². The third-order valence-corrected chi connectivity index (χ3v) is 4.88. The lowest BCUT2D eigenvalue weighted by atomic mass is 9.92. The van der Waals surface area contributed by atoms with Gasteiger partial charge in [0.15, 0.2) is 11.5 Å². The van der Waals surface area contributed by atoms with Crippen LogP contribution in [-0.2, 0) is 19.4 Å². The van der Waals surface area contributed by atoms with Crippen LogP contribution in [0.5, 0.6) is 0 Å². The maximum absolute atomic E-state index is 13.0. The van der Waals surface area contributed by atoms with Gasteiger partial charge in [-0.05, 0) is 19.8 Å². The minimum atomic E-state index is -1.08. The Labute approximate surface area is 142 Å². The number of nitrogens with zero attached hydrogens (tertiary/aromatic N) is 2. The predicted molar refractivity (Wildman–Crippen MR) is 84.7 cm³/mol. The van der Waals surface area contributed by atoms with Crippen LogP contribution in [0.4, 0.5) is 0 Å². The number of hydrogen-bond donors (Lipinski definition) is 2. The largest absolute Gasteiger partial charge is 0.476 e. The first kappa shape index (κ1) is 15.6. The van der Waals surface area contributed by atoms with Crippen molar-refractivity contribution in [1.29, 1.82) is 0 Å². The molecule has 0 aromatic carbocycles. The molecule has 8 nitrogen and oxygen atoms in total. The number of nitrogens with one attached hydrogen (secondary N) is 1. The molecule has 1 aliphatic carbocycles. The number of aromatic nitrogens is 2. The monoisotopic (exact) mass is 343 g/mol. The molecular formula is C17H17N3O5. The highest BCUT2D eigenvalue weighted by molar-refractivity contribution is 6.10. The Morgan fingerprint density at radius 2 is 2.08 bits per heavy atom.